The van der Waals surface area contributed by atoms with Crippen molar-refractivity contribution in [3.63, 3.8) is 0 Å². The Bertz CT molecular complexity index is 1060. The molecular formula is C26H29N3O2S. The van der Waals surface area contributed by atoms with Crippen LogP contribution in [0.4, 0.5) is 11.4 Å². The quantitative estimate of drug-likeness (QED) is 0.537. The fourth-order valence-corrected chi connectivity index (χ4v) is 4.39. The highest BCUT2D eigenvalue weighted by Crippen LogP contribution is 2.31. The van der Waals surface area contributed by atoms with Crippen molar-refractivity contribution in [2.45, 2.75) is 13.0 Å². The number of rotatable bonds is 5. The van der Waals surface area contributed by atoms with Gasteiger partial charge in [-0.1, -0.05) is 36.4 Å². The number of benzene rings is 3. The molecule has 3 aromatic rings. The summed E-state index contributed by atoms with van der Waals surface area (Å²) in [4.78, 5) is 4.64. The first-order valence-electron chi connectivity index (χ1n) is 10.8. The van der Waals surface area contributed by atoms with Crippen molar-refractivity contribution in [1.29, 1.82) is 0 Å². The number of thiocarbonyl (C=S) groups is 1. The Morgan fingerprint density at radius 3 is 2.31 bits per heavy atom. The largest absolute Gasteiger partial charge is 0.497 e. The molecule has 0 bridgehead atoms. The maximum Gasteiger partial charge on any atom is 0.173 e. The molecule has 3 aromatic carbocycles. The van der Waals surface area contributed by atoms with E-state index in [-0.39, 0.29) is 0 Å². The number of hydrogen-bond acceptors (Lipinski definition) is 4. The molecule has 0 aliphatic carbocycles. The van der Waals surface area contributed by atoms with Crippen LogP contribution in [0, 0.1) is 0 Å². The zero-order valence-electron chi connectivity index (χ0n) is 18.7. The third kappa shape index (κ3) is 4.81. The number of ether oxygens (including phenoxy) is 2. The molecule has 166 valence electrons. The maximum absolute atomic E-state index is 5.79. The van der Waals surface area contributed by atoms with Gasteiger partial charge < -0.3 is 24.6 Å². The van der Waals surface area contributed by atoms with Gasteiger partial charge in [-0.3, -0.25) is 0 Å². The smallest absolute Gasteiger partial charge is 0.173 e. The Labute approximate surface area is 195 Å². The van der Waals surface area contributed by atoms with E-state index in [0.29, 0.717) is 6.04 Å². The standard InChI is InChI=1S/C26H29N3O2S/c1-19-18-28(15-16-29(19)22-10-12-23(30-2)13-11-22)26(32)27-24-17-21(9-14-25(24)31-3)20-7-5-4-6-8-20/h4-14,17,19H,15-16,18H2,1-3H3,(H,27,32). The van der Waals surface area contributed by atoms with E-state index in [2.05, 4.69) is 58.4 Å². The predicted molar refractivity (Wildman–Crippen MR) is 136 cm³/mol. The highest BCUT2D eigenvalue weighted by atomic mass is 32.1. The van der Waals surface area contributed by atoms with Crippen LogP contribution in [0.25, 0.3) is 11.1 Å². The fourth-order valence-electron chi connectivity index (χ4n) is 4.11. The van der Waals surface area contributed by atoms with Crippen molar-refractivity contribution in [3.05, 3.63) is 72.8 Å². The van der Waals surface area contributed by atoms with Crippen molar-refractivity contribution in [1.82, 2.24) is 4.90 Å². The number of nitrogens with zero attached hydrogens (tertiary/aromatic N) is 2. The van der Waals surface area contributed by atoms with Crippen LogP contribution in [-0.2, 0) is 0 Å². The molecule has 1 aliphatic heterocycles. The first kappa shape index (κ1) is 22.0. The van der Waals surface area contributed by atoms with E-state index in [1.54, 1.807) is 14.2 Å². The van der Waals surface area contributed by atoms with E-state index in [9.17, 15) is 0 Å². The van der Waals surface area contributed by atoms with Gasteiger partial charge in [0.05, 0.1) is 19.9 Å². The average Bonchev–Trinajstić information content (AvgIpc) is 2.84. The van der Waals surface area contributed by atoms with Gasteiger partial charge in [0.25, 0.3) is 0 Å². The molecule has 5 nitrogen and oxygen atoms in total. The zero-order valence-corrected chi connectivity index (χ0v) is 19.6. The number of hydrogen-bond donors (Lipinski definition) is 1. The van der Waals surface area contributed by atoms with Gasteiger partial charge in [0.1, 0.15) is 11.5 Å². The Morgan fingerprint density at radius 1 is 0.906 bits per heavy atom. The SMILES string of the molecule is COc1ccc(N2CCN(C(=S)Nc3cc(-c4ccccc4)ccc3OC)CC2C)cc1. The lowest BCUT2D eigenvalue weighted by atomic mass is 10.0. The summed E-state index contributed by atoms with van der Waals surface area (Å²) in [7, 11) is 3.37. The van der Waals surface area contributed by atoms with Gasteiger partial charge in [0, 0.05) is 31.4 Å². The molecule has 0 spiro atoms. The Balaban J connectivity index is 1.45. The van der Waals surface area contributed by atoms with Crippen LogP contribution in [-0.4, -0.2) is 49.9 Å². The van der Waals surface area contributed by atoms with Crippen molar-refractivity contribution in [3.8, 4) is 22.6 Å². The Morgan fingerprint density at radius 2 is 1.66 bits per heavy atom. The first-order valence-corrected chi connectivity index (χ1v) is 11.2. The third-order valence-corrected chi connectivity index (χ3v) is 6.23. The summed E-state index contributed by atoms with van der Waals surface area (Å²) in [5.74, 6) is 1.65. The molecule has 1 fully saturated rings. The van der Waals surface area contributed by atoms with Gasteiger partial charge in [-0.05, 0) is 66.7 Å². The number of nitrogens with one attached hydrogen (secondary N) is 1. The topological polar surface area (TPSA) is 37.0 Å². The van der Waals surface area contributed by atoms with Crippen LogP contribution >= 0.6 is 12.2 Å². The molecule has 0 aromatic heterocycles. The zero-order chi connectivity index (χ0) is 22.5. The summed E-state index contributed by atoms with van der Waals surface area (Å²) in [6.45, 7) is 4.83. The molecule has 1 saturated heterocycles. The monoisotopic (exact) mass is 447 g/mol. The van der Waals surface area contributed by atoms with Gasteiger partial charge in [0.2, 0.25) is 0 Å². The first-order chi connectivity index (χ1) is 15.6. The number of piperazine rings is 1. The summed E-state index contributed by atoms with van der Waals surface area (Å²) in [6.07, 6.45) is 0. The second-order valence-corrected chi connectivity index (χ2v) is 8.28. The van der Waals surface area contributed by atoms with E-state index < -0.39 is 0 Å². The van der Waals surface area contributed by atoms with Crippen LogP contribution in [0.5, 0.6) is 11.5 Å². The van der Waals surface area contributed by atoms with E-state index in [4.69, 9.17) is 21.7 Å². The van der Waals surface area contributed by atoms with E-state index >= 15 is 0 Å². The van der Waals surface area contributed by atoms with Crippen molar-refractivity contribution in [2.24, 2.45) is 0 Å². The molecule has 0 radical (unpaired) electrons. The Hall–Kier alpha value is -3.25. The van der Waals surface area contributed by atoms with Crippen LogP contribution in [0.15, 0.2) is 72.8 Å². The van der Waals surface area contributed by atoms with Crippen LogP contribution < -0.4 is 19.7 Å². The van der Waals surface area contributed by atoms with Crippen LogP contribution in [0.3, 0.4) is 0 Å². The summed E-state index contributed by atoms with van der Waals surface area (Å²) in [6, 6.07) is 25.0. The minimum absolute atomic E-state index is 0.328. The lowest BCUT2D eigenvalue weighted by Gasteiger charge is -2.42. The predicted octanol–water partition coefficient (Wildman–Crippen LogP) is 5.28. The molecule has 1 heterocycles. The average molecular weight is 448 g/mol. The summed E-state index contributed by atoms with van der Waals surface area (Å²) in [5.41, 5.74) is 4.36. The minimum Gasteiger partial charge on any atom is -0.497 e. The Kier molecular flexibility index (Phi) is 6.81. The van der Waals surface area contributed by atoms with Crippen LogP contribution in [0.1, 0.15) is 6.92 Å². The molecular weight excluding hydrogens is 418 g/mol. The molecule has 0 saturated carbocycles. The lowest BCUT2D eigenvalue weighted by molar-refractivity contribution is 0.342. The van der Waals surface area contributed by atoms with E-state index in [1.165, 1.54) is 5.69 Å². The maximum atomic E-state index is 5.79. The van der Waals surface area contributed by atoms with E-state index in [1.807, 2.05) is 36.4 Å². The normalized spacial score (nSPS) is 15.9. The third-order valence-electron chi connectivity index (χ3n) is 5.87. The fraction of sp³-hybridized carbons (Fsp3) is 0.269. The van der Waals surface area contributed by atoms with E-state index in [0.717, 1.165) is 53.1 Å². The molecule has 4 rings (SSSR count). The van der Waals surface area contributed by atoms with Crippen LogP contribution in [0.2, 0.25) is 0 Å². The summed E-state index contributed by atoms with van der Waals surface area (Å²) < 4.78 is 10.9. The molecule has 0 amide bonds. The van der Waals surface area contributed by atoms with Crippen molar-refractivity contribution >= 4 is 28.7 Å². The molecule has 1 aliphatic rings. The van der Waals surface area contributed by atoms with Crippen molar-refractivity contribution < 1.29 is 9.47 Å². The summed E-state index contributed by atoms with van der Waals surface area (Å²) in [5, 5.41) is 4.15. The highest BCUT2D eigenvalue weighted by molar-refractivity contribution is 7.80. The second-order valence-electron chi connectivity index (χ2n) is 7.90. The minimum atomic E-state index is 0.328. The highest BCUT2D eigenvalue weighted by Gasteiger charge is 2.26. The summed E-state index contributed by atoms with van der Waals surface area (Å²) >= 11 is 5.79. The number of methoxy groups -OCH3 is 2. The molecule has 1 unspecified atom stereocenters. The molecule has 6 heteroatoms. The van der Waals surface area contributed by atoms with Gasteiger partial charge >= 0.3 is 0 Å². The van der Waals surface area contributed by atoms with Gasteiger partial charge in [-0.2, -0.15) is 0 Å². The van der Waals surface area contributed by atoms with Gasteiger partial charge in [-0.15, -0.1) is 0 Å². The second kappa shape index (κ2) is 9.92. The number of anilines is 2. The van der Waals surface area contributed by atoms with Crippen molar-refractivity contribution in [2.75, 3.05) is 44.1 Å². The van der Waals surface area contributed by atoms with Gasteiger partial charge in [-0.25, -0.2) is 0 Å². The molecule has 1 N–H and O–H groups in total. The lowest BCUT2D eigenvalue weighted by Crippen LogP contribution is -2.54. The molecule has 1 atom stereocenters. The molecule has 32 heavy (non-hydrogen) atoms. The van der Waals surface area contributed by atoms with Gasteiger partial charge in [0.15, 0.2) is 5.11 Å².